The van der Waals surface area contributed by atoms with Crippen LogP contribution in [-0.4, -0.2) is 38.1 Å². The molecule has 13 heteroatoms. The fourth-order valence-corrected chi connectivity index (χ4v) is 4.55. The van der Waals surface area contributed by atoms with Gasteiger partial charge in [0.1, 0.15) is 10.1 Å². The Hall–Kier alpha value is -4.75. The van der Waals surface area contributed by atoms with Gasteiger partial charge in [-0.1, -0.05) is 33.1 Å². The summed E-state index contributed by atoms with van der Waals surface area (Å²) in [6.07, 6.45) is 4.96. The number of pyridine rings is 3. The number of carbonyl (C=O) groups excluding carboxylic acids is 1. The molecule has 0 aliphatic rings. The Labute approximate surface area is 246 Å². The van der Waals surface area contributed by atoms with Crippen LogP contribution in [0.25, 0.3) is 0 Å². The summed E-state index contributed by atoms with van der Waals surface area (Å²) in [6.45, 7) is 8.93. The number of hydrogen-bond donors (Lipinski definition) is 2. The molecule has 3 aromatic heterocycles. The summed E-state index contributed by atoms with van der Waals surface area (Å²) >= 11 is 0. The Bertz CT molecular complexity index is 1510. The molecule has 1 aromatic carbocycles. The van der Waals surface area contributed by atoms with E-state index in [1.807, 2.05) is 45.0 Å². The van der Waals surface area contributed by atoms with Crippen LogP contribution in [0.2, 0.25) is 0 Å². The Morgan fingerprint density at radius 1 is 0.810 bits per heavy atom. The molecule has 0 atom stereocenters. The van der Waals surface area contributed by atoms with Gasteiger partial charge < -0.3 is 23.9 Å². The zero-order valence-electron chi connectivity index (χ0n) is 24.7. The van der Waals surface area contributed by atoms with Gasteiger partial charge in [-0.3, -0.25) is 4.98 Å². The van der Waals surface area contributed by atoms with Gasteiger partial charge in [0.15, 0.2) is 23.9 Å². The number of nitrogens with two attached hydrogens (primary N) is 2. The molecule has 4 N–H and O–H groups in total. The lowest BCUT2D eigenvalue weighted by Crippen LogP contribution is -2.46. The van der Waals surface area contributed by atoms with E-state index in [1.54, 1.807) is 64.7 Å². The van der Waals surface area contributed by atoms with E-state index in [0.29, 0.717) is 11.1 Å². The lowest BCUT2D eigenvalue weighted by molar-refractivity contribution is -0.645. The fraction of sp³-hybridized carbons (Fsp3) is 0.241. The van der Waals surface area contributed by atoms with Crippen molar-refractivity contribution in [3.8, 4) is 11.5 Å². The molecule has 12 nitrogen and oxygen atoms in total. The van der Waals surface area contributed by atoms with Gasteiger partial charge in [0.2, 0.25) is 11.4 Å². The molecule has 0 spiro atoms. The molecule has 0 unspecified atom stereocenters. The van der Waals surface area contributed by atoms with Crippen LogP contribution in [-0.2, 0) is 10.1 Å². The molecule has 0 fully saturated rings. The maximum absolute atomic E-state index is 10.8. The Kier molecular flexibility index (Phi) is 13.9. The predicted molar refractivity (Wildman–Crippen MR) is 153 cm³/mol. The average Bonchev–Trinajstić information content (AvgIpc) is 2.92. The van der Waals surface area contributed by atoms with Crippen LogP contribution < -0.4 is 35.6 Å². The number of benzene rings is 1. The first kappa shape index (κ1) is 35.3. The van der Waals surface area contributed by atoms with E-state index in [9.17, 15) is 22.9 Å². The van der Waals surface area contributed by atoms with Crippen molar-refractivity contribution in [1.29, 1.82) is 0 Å². The van der Waals surface area contributed by atoms with Crippen molar-refractivity contribution >= 4 is 16.1 Å². The van der Waals surface area contributed by atoms with E-state index in [2.05, 4.69) is 4.98 Å². The monoisotopic (exact) mass is 599 g/mol. The summed E-state index contributed by atoms with van der Waals surface area (Å²) < 4.78 is 45.6. The average molecular weight is 600 g/mol. The topological polar surface area (TPSA) is 188 Å². The zero-order valence-corrected chi connectivity index (χ0v) is 25.5. The molecule has 0 bridgehead atoms. The third-order valence-corrected chi connectivity index (χ3v) is 6.79. The molecular formula is C29H37N5O7S. The number of carboxylic acids is 1. The molecule has 0 saturated heterocycles. The smallest absolute Gasteiger partial charge is 0.249 e. The highest BCUT2D eigenvalue weighted by Crippen LogP contribution is 2.20. The Morgan fingerprint density at radius 3 is 1.55 bits per heavy atom. The zero-order chi connectivity index (χ0) is 32.0. The highest BCUT2D eigenvalue weighted by Gasteiger charge is 2.10. The standard InChI is InChI=1S/C9H12O3S.2C7H11N2O.C6H5NO2/c1-6-4-7(2)9(8(3)5-6)13(10,11)12;2*1-6-7(10-2)4-3-5-9(6)8;8-6(9)5-3-1-2-4-7-5/h4-5H,1-3H3,(H,10,11,12);2*3-5H,8H2,1-2H3;1-4H,(H,8,9)/q;2*+1;/p-2. The van der Waals surface area contributed by atoms with Gasteiger partial charge in [0, 0.05) is 32.2 Å². The number of hydrogen-bond acceptors (Lipinski definition) is 10. The van der Waals surface area contributed by atoms with Crippen molar-refractivity contribution < 1.29 is 41.7 Å². The van der Waals surface area contributed by atoms with Crippen LogP contribution in [0.5, 0.6) is 11.5 Å². The van der Waals surface area contributed by atoms with Crippen LogP contribution in [0.4, 0.5) is 0 Å². The maximum atomic E-state index is 10.8. The van der Waals surface area contributed by atoms with Crippen LogP contribution in [0.3, 0.4) is 0 Å². The number of aromatic carboxylic acids is 1. The van der Waals surface area contributed by atoms with Crippen LogP contribution in [0.15, 0.2) is 78.1 Å². The van der Waals surface area contributed by atoms with Gasteiger partial charge in [-0.2, -0.15) is 0 Å². The Balaban J connectivity index is 0.000000283. The second-order valence-corrected chi connectivity index (χ2v) is 10.1. The summed E-state index contributed by atoms with van der Waals surface area (Å²) in [6, 6.07) is 15.4. The minimum absolute atomic E-state index is 0.0301. The number of carboxylic acid groups (broad SMARTS) is 1. The lowest BCUT2D eigenvalue weighted by Gasteiger charge is -2.14. The Morgan fingerprint density at radius 2 is 1.26 bits per heavy atom. The molecule has 0 radical (unpaired) electrons. The van der Waals surface area contributed by atoms with Crippen LogP contribution >= 0.6 is 0 Å². The normalized spacial score (nSPS) is 10.0. The number of carbonyl (C=O) groups is 1. The molecular weight excluding hydrogens is 562 g/mol. The number of ether oxygens (including phenoxy) is 2. The van der Waals surface area contributed by atoms with Gasteiger partial charge >= 0.3 is 0 Å². The van der Waals surface area contributed by atoms with Gasteiger partial charge in [0.05, 0.1) is 30.8 Å². The second kappa shape index (κ2) is 16.5. The highest BCUT2D eigenvalue weighted by molar-refractivity contribution is 7.85. The molecule has 0 aliphatic carbocycles. The minimum atomic E-state index is -4.33. The van der Waals surface area contributed by atoms with Gasteiger partial charge in [-0.15, -0.1) is 0 Å². The van der Waals surface area contributed by atoms with Crippen molar-refractivity contribution in [2.45, 2.75) is 39.5 Å². The van der Waals surface area contributed by atoms with Crippen LogP contribution in [0.1, 0.15) is 38.6 Å². The molecule has 0 saturated carbocycles. The van der Waals surface area contributed by atoms with Crippen molar-refractivity contribution in [2.75, 3.05) is 25.9 Å². The molecule has 4 aromatic rings. The van der Waals surface area contributed by atoms with Crippen molar-refractivity contribution in [2.24, 2.45) is 0 Å². The number of methoxy groups -OCH3 is 2. The number of rotatable bonds is 4. The second-order valence-electron chi connectivity index (χ2n) is 8.82. The molecule has 4 rings (SSSR count). The lowest BCUT2D eigenvalue weighted by atomic mass is 10.1. The first-order valence-electron chi connectivity index (χ1n) is 12.4. The number of nitrogens with zero attached hydrogens (tertiary/aromatic N) is 3. The molecule has 0 aliphatic heterocycles. The summed E-state index contributed by atoms with van der Waals surface area (Å²) in [5, 5.41) is 10.0. The number of aromatic nitrogens is 3. The van der Waals surface area contributed by atoms with E-state index in [4.69, 9.17) is 21.2 Å². The molecule has 42 heavy (non-hydrogen) atoms. The van der Waals surface area contributed by atoms with Gasteiger partial charge in [-0.25, -0.2) is 20.1 Å². The van der Waals surface area contributed by atoms with E-state index < -0.39 is 16.1 Å². The summed E-state index contributed by atoms with van der Waals surface area (Å²) in [4.78, 5) is 13.5. The number of aryl methyl sites for hydroxylation is 3. The summed E-state index contributed by atoms with van der Waals surface area (Å²) in [7, 11) is -1.08. The largest absolute Gasteiger partial charge is 0.744 e. The van der Waals surface area contributed by atoms with Gasteiger partial charge in [-0.05, 0) is 56.2 Å². The molecule has 226 valence electrons. The predicted octanol–water partition coefficient (Wildman–Crippen LogP) is 0.971. The third kappa shape index (κ3) is 11.0. The first-order chi connectivity index (χ1) is 19.6. The number of nitrogen functional groups attached to an aromatic ring is 2. The summed E-state index contributed by atoms with van der Waals surface area (Å²) in [5.74, 6) is 11.4. The van der Waals surface area contributed by atoms with Crippen molar-refractivity contribution in [3.05, 3.63) is 107 Å². The van der Waals surface area contributed by atoms with Gasteiger partial charge in [0.25, 0.3) is 0 Å². The van der Waals surface area contributed by atoms with Crippen LogP contribution in [0, 0.1) is 34.6 Å². The maximum Gasteiger partial charge on any atom is 0.249 e. The molecule has 0 amide bonds. The summed E-state index contributed by atoms with van der Waals surface area (Å²) in [5.41, 5.74) is 3.81. The van der Waals surface area contributed by atoms with E-state index in [-0.39, 0.29) is 10.6 Å². The fourth-order valence-electron chi connectivity index (χ4n) is 3.64. The quantitative estimate of drug-likeness (QED) is 0.194. The van der Waals surface area contributed by atoms with E-state index in [0.717, 1.165) is 28.5 Å². The minimum Gasteiger partial charge on any atom is -0.744 e. The first-order valence-corrected chi connectivity index (χ1v) is 13.8. The third-order valence-electron chi connectivity index (χ3n) is 5.64. The van der Waals surface area contributed by atoms with Crippen molar-refractivity contribution in [1.82, 2.24) is 4.98 Å². The van der Waals surface area contributed by atoms with Crippen molar-refractivity contribution in [3.63, 3.8) is 0 Å². The SMILES string of the molecule is COc1ccc[n+](N)c1C.COc1ccc[n+](N)c1C.Cc1cc(C)c(S(=O)(=O)[O-])c(C)c1.O=C([O-])c1ccccn1. The molecule has 3 heterocycles. The van der Waals surface area contributed by atoms with E-state index in [1.165, 1.54) is 21.6 Å². The highest BCUT2D eigenvalue weighted by atomic mass is 32.2. The van der Waals surface area contributed by atoms with E-state index >= 15 is 0 Å².